The summed E-state index contributed by atoms with van der Waals surface area (Å²) in [4.78, 5) is 0. The maximum absolute atomic E-state index is 3.78. The van der Waals surface area contributed by atoms with Gasteiger partial charge in [0, 0.05) is 12.7 Å². The van der Waals surface area contributed by atoms with Gasteiger partial charge in [0.05, 0.1) is 0 Å². The molecule has 66 valence electrons. The van der Waals surface area contributed by atoms with Crippen LogP contribution in [-0.4, -0.2) is 7.05 Å². The highest BCUT2D eigenvalue weighted by Gasteiger charge is 1.82. The minimum atomic E-state index is 1.05. The SMILES string of the molecule is C=C(C)/C=C/C(=C/C=C\C)NC. The zero-order chi connectivity index (χ0) is 9.40. The van der Waals surface area contributed by atoms with Crippen molar-refractivity contribution in [1.82, 2.24) is 5.32 Å². The molecule has 0 unspecified atom stereocenters. The van der Waals surface area contributed by atoms with Gasteiger partial charge in [0.15, 0.2) is 0 Å². The molecule has 0 radical (unpaired) electrons. The molecule has 0 atom stereocenters. The lowest BCUT2D eigenvalue weighted by Gasteiger charge is -1.97. The lowest BCUT2D eigenvalue weighted by molar-refractivity contribution is 1.03. The van der Waals surface area contributed by atoms with Gasteiger partial charge in [0.1, 0.15) is 0 Å². The Bertz CT molecular complexity index is 219. The van der Waals surface area contributed by atoms with Crippen molar-refractivity contribution in [2.45, 2.75) is 13.8 Å². The van der Waals surface area contributed by atoms with Gasteiger partial charge in [-0.1, -0.05) is 30.4 Å². The average Bonchev–Trinajstić information content (AvgIpc) is 2.05. The summed E-state index contributed by atoms with van der Waals surface area (Å²) in [6.45, 7) is 7.75. The molecule has 1 heteroatoms. The van der Waals surface area contributed by atoms with E-state index in [1.54, 1.807) is 0 Å². The predicted octanol–water partition coefficient (Wildman–Crippen LogP) is 2.80. The van der Waals surface area contributed by atoms with E-state index in [0.717, 1.165) is 11.3 Å². The fourth-order valence-corrected chi connectivity index (χ4v) is 0.654. The molecular weight excluding hydrogens is 146 g/mol. The number of rotatable bonds is 4. The molecule has 0 amide bonds. The molecule has 0 aliphatic rings. The van der Waals surface area contributed by atoms with Crippen LogP contribution in [0.5, 0.6) is 0 Å². The first-order valence-electron chi connectivity index (χ1n) is 4.05. The van der Waals surface area contributed by atoms with Crippen molar-refractivity contribution in [3.63, 3.8) is 0 Å². The Balaban J connectivity index is 4.26. The first kappa shape index (κ1) is 10.8. The summed E-state index contributed by atoms with van der Waals surface area (Å²) < 4.78 is 0. The van der Waals surface area contributed by atoms with Crippen LogP contribution in [0.3, 0.4) is 0 Å². The molecular formula is C11H17N. The molecule has 0 fully saturated rings. The lowest BCUT2D eigenvalue weighted by atomic mass is 10.2. The standard InChI is InChI=1S/C11H17N/c1-5-6-7-11(12-4)9-8-10(2)3/h5-9,12H,2H2,1,3-4H3/b6-5-,9-8+,11-7-. The molecule has 0 bridgehead atoms. The van der Waals surface area contributed by atoms with E-state index < -0.39 is 0 Å². The Morgan fingerprint density at radius 3 is 2.42 bits per heavy atom. The topological polar surface area (TPSA) is 12.0 Å². The Kier molecular flexibility index (Phi) is 5.80. The van der Waals surface area contributed by atoms with E-state index in [9.17, 15) is 0 Å². The highest BCUT2D eigenvalue weighted by atomic mass is 14.8. The van der Waals surface area contributed by atoms with Crippen LogP contribution >= 0.6 is 0 Å². The number of allylic oxidation sites excluding steroid dienone is 6. The molecule has 0 aliphatic heterocycles. The first-order chi connectivity index (χ1) is 5.70. The number of nitrogens with one attached hydrogen (secondary N) is 1. The third kappa shape index (κ3) is 5.54. The molecule has 1 N–H and O–H groups in total. The van der Waals surface area contributed by atoms with Crippen LogP contribution in [0.1, 0.15) is 13.8 Å². The quantitative estimate of drug-likeness (QED) is 0.628. The lowest BCUT2D eigenvalue weighted by Crippen LogP contribution is -2.02. The van der Waals surface area contributed by atoms with Gasteiger partial charge in [-0.15, -0.1) is 0 Å². The van der Waals surface area contributed by atoms with Crippen LogP contribution in [0, 0.1) is 0 Å². The van der Waals surface area contributed by atoms with Gasteiger partial charge < -0.3 is 5.32 Å². The largest absolute Gasteiger partial charge is 0.388 e. The van der Waals surface area contributed by atoms with Crippen LogP contribution in [0.2, 0.25) is 0 Å². The highest BCUT2D eigenvalue weighted by molar-refractivity contribution is 5.26. The molecule has 0 aromatic heterocycles. The summed E-state index contributed by atoms with van der Waals surface area (Å²) >= 11 is 0. The molecule has 0 saturated carbocycles. The molecule has 0 rings (SSSR count). The molecule has 1 nitrogen and oxygen atoms in total. The van der Waals surface area contributed by atoms with Crippen LogP contribution < -0.4 is 5.32 Å². The molecule has 0 aromatic carbocycles. The first-order valence-corrected chi connectivity index (χ1v) is 4.05. The Labute approximate surface area is 75.2 Å². The van der Waals surface area contributed by atoms with Crippen molar-refractivity contribution in [3.8, 4) is 0 Å². The van der Waals surface area contributed by atoms with E-state index in [2.05, 4.69) is 11.9 Å². The normalized spacial score (nSPS) is 12.8. The van der Waals surface area contributed by atoms with Crippen LogP contribution in [0.25, 0.3) is 0 Å². The number of hydrogen-bond acceptors (Lipinski definition) is 1. The summed E-state index contributed by atoms with van der Waals surface area (Å²) in [5.74, 6) is 0. The minimum Gasteiger partial charge on any atom is -0.388 e. The van der Waals surface area contributed by atoms with Crippen LogP contribution in [0.4, 0.5) is 0 Å². The van der Waals surface area contributed by atoms with E-state index in [4.69, 9.17) is 0 Å². The van der Waals surface area contributed by atoms with Crippen molar-refractivity contribution >= 4 is 0 Å². The predicted molar refractivity (Wildman–Crippen MR) is 55.9 cm³/mol. The fraction of sp³-hybridized carbons (Fsp3) is 0.273. The summed E-state index contributed by atoms with van der Waals surface area (Å²) in [5.41, 5.74) is 2.13. The Morgan fingerprint density at radius 1 is 1.33 bits per heavy atom. The Morgan fingerprint density at radius 2 is 2.00 bits per heavy atom. The van der Waals surface area contributed by atoms with E-state index >= 15 is 0 Å². The second kappa shape index (κ2) is 6.47. The summed E-state index contributed by atoms with van der Waals surface area (Å²) in [5, 5.41) is 3.07. The second-order valence-corrected chi connectivity index (χ2v) is 2.58. The van der Waals surface area contributed by atoms with Gasteiger partial charge in [-0.05, 0) is 26.0 Å². The summed E-state index contributed by atoms with van der Waals surface area (Å²) in [7, 11) is 1.90. The number of hydrogen-bond donors (Lipinski definition) is 1. The molecule has 0 aromatic rings. The van der Waals surface area contributed by atoms with Crippen molar-refractivity contribution in [3.05, 3.63) is 48.2 Å². The van der Waals surface area contributed by atoms with E-state index in [1.165, 1.54) is 0 Å². The smallest absolute Gasteiger partial charge is 0.0337 e. The third-order valence-electron chi connectivity index (χ3n) is 1.30. The van der Waals surface area contributed by atoms with Crippen LogP contribution in [-0.2, 0) is 0 Å². The van der Waals surface area contributed by atoms with E-state index in [0.29, 0.717) is 0 Å². The molecule has 0 aliphatic carbocycles. The molecule has 0 spiro atoms. The maximum Gasteiger partial charge on any atom is 0.0337 e. The third-order valence-corrected chi connectivity index (χ3v) is 1.30. The molecule has 12 heavy (non-hydrogen) atoms. The fourth-order valence-electron chi connectivity index (χ4n) is 0.654. The summed E-state index contributed by atoms with van der Waals surface area (Å²) in [6, 6.07) is 0. The van der Waals surface area contributed by atoms with Gasteiger partial charge in [0.2, 0.25) is 0 Å². The van der Waals surface area contributed by atoms with Crippen molar-refractivity contribution in [2.75, 3.05) is 7.05 Å². The van der Waals surface area contributed by atoms with E-state index in [-0.39, 0.29) is 0 Å². The molecule has 0 saturated heterocycles. The van der Waals surface area contributed by atoms with Crippen molar-refractivity contribution in [2.24, 2.45) is 0 Å². The Hall–Kier alpha value is -1.24. The summed E-state index contributed by atoms with van der Waals surface area (Å²) in [6.07, 6.45) is 9.98. The zero-order valence-corrected chi connectivity index (χ0v) is 8.09. The second-order valence-electron chi connectivity index (χ2n) is 2.58. The monoisotopic (exact) mass is 163 g/mol. The van der Waals surface area contributed by atoms with Gasteiger partial charge >= 0.3 is 0 Å². The van der Waals surface area contributed by atoms with Crippen molar-refractivity contribution < 1.29 is 0 Å². The number of likely N-dealkylation sites (N-methyl/N-ethyl adjacent to an activating group) is 1. The minimum absolute atomic E-state index is 1.05. The van der Waals surface area contributed by atoms with Gasteiger partial charge in [-0.2, -0.15) is 0 Å². The highest BCUT2D eigenvalue weighted by Crippen LogP contribution is 1.96. The maximum atomic E-state index is 3.78. The van der Waals surface area contributed by atoms with Crippen LogP contribution in [0.15, 0.2) is 48.2 Å². The average molecular weight is 163 g/mol. The van der Waals surface area contributed by atoms with Crippen molar-refractivity contribution in [1.29, 1.82) is 0 Å². The van der Waals surface area contributed by atoms with E-state index in [1.807, 2.05) is 51.3 Å². The van der Waals surface area contributed by atoms with Gasteiger partial charge in [-0.25, -0.2) is 0 Å². The molecule has 0 heterocycles. The van der Waals surface area contributed by atoms with Gasteiger partial charge in [0.25, 0.3) is 0 Å². The van der Waals surface area contributed by atoms with Gasteiger partial charge in [-0.3, -0.25) is 0 Å². The zero-order valence-electron chi connectivity index (χ0n) is 8.09.